The summed E-state index contributed by atoms with van der Waals surface area (Å²) in [5.41, 5.74) is 4.24. The fraction of sp³-hybridized carbons (Fsp3) is 0.300. The Morgan fingerprint density at radius 3 is 2.28 bits per heavy atom. The third kappa shape index (κ3) is 5.94. The van der Waals surface area contributed by atoms with Gasteiger partial charge >= 0.3 is 0 Å². The Morgan fingerprint density at radius 1 is 1.00 bits per heavy atom. The maximum absolute atomic E-state index is 12.3. The summed E-state index contributed by atoms with van der Waals surface area (Å²) in [7, 11) is 1.65. The van der Waals surface area contributed by atoms with Crippen LogP contribution in [-0.4, -0.2) is 36.1 Å². The Morgan fingerprint density at radius 2 is 1.64 bits per heavy atom. The number of amides is 2. The Balaban J connectivity index is 1.82. The van der Waals surface area contributed by atoms with Crippen LogP contribution in [0.3, 0.4) is 0 Å². The molecule has 0 fully saturated rings. The van der Waals surface area contributed by atoms with Crippen LogP contribution >= 0.6 is 11.8 Å². The molecule has 0 radical (unpaired) electrons. The van der Waals surface area contributed by atoms with Gasteiger partial charge in [-0.3, -0.25) is 9.59 Å². The van der Waals surface area contributed by atoms with Crippen molar-refractivity contribution >= 4 is 29.3 Å². The van der Waals surface area contributed by atoms with Crippen LogP contribution in [0.4, 0.5) is 5.69 Å². The van der Waals surface area contributed by atoms with Crippen molar-refractivity contribution in [2.45, 2.75) is 25.7 Å². The molecule has 0 aliphatic rings. The van der Waals surface area contributed by atoms with Gasteiger partial charge in [-0.1, -0.05) is 35.4 Å². The number of aryl methyl sites for hydroxylation is 3. The fourth-order valence-corrected chi connectivity index (χ4v) is 3.30. The molecular formula is C20H24N2O2S. The molecule has 0 unspecified atom stereocenters. The highest BCUT2D eigenvalue weighted by atomic mass is 32.2. The van der Waals surface area contributed by atoms with E-state index in [2.05, 4.69) is 11.4 Å². The number of anilines is 1. The van der Waals surface area contributed by atoms with Gasteiger partial charge in [0.15, 0.2) is 0 Å². The second-order valence-corrected chi connectivity index (χ2v) is 7.24. The molecule has 132 valence electrons. The number of benzene rings is 2. The van der Waals surface area contributed by atoms with Crippen LogP contribution in [0.25, 0.3) is 0 Å². The van der Waals surface area contributed by atoms with Gasteiger partial charge < -0.3 is 10.2 Å². The van der Waals surface area contributed by atoms with Gasteiger partial charge in [0.1, 0.15) is 0 Å². The molecule has 2 aromatic rings. The van der Waals surface area contributed by atoms with Gasteiger partial charge in [0, 0.05) is 17.6 Å². The molecule has 0 aromatic heterocycles. The highest BCUT2D eigenvalue weighted by Crippen LogP contribution is 2.23. The van der Waals surface area contributed by atoms with Crippen LogP contribution in [-0.2, 0) is 9.59 Å². The maximum atomic E-state index is 12.3. The Kier molecular flexibility index (Phi) is 6.65. The van der Waals surface area contributed by atoms with Crippen molar-refractivity contribution in [1.29, 1.82) is 0 Å². The van der Waals surface area contributed by atoms with Gasteiger partial charge in [0.2, 0.25) is 11.8 Å². The van der Waals surface area contributed by atoms with Crippen molar-refractivity contribution < 1.29 is 9.59 Å². The topological polar surface area (TPSA) is 49.4 Å². The summed E-state index contributed by atoms with van der Waals surface area (Å²) in [4.78, 5) is 26.9. The predicted molar refractivity (Wildman–Crippen MR) is 104 cm³/mol. The average molecular weight is 356 g/mol. The van der Waals surface area contributed by atoms with E-state index in [0.29, 0.717) is 5.75 Å². The zero-order valence-corrected chi connectivity index (χ0v) is 15.9. The highest BCUT2D eigenvalue weighted by Gasteiger charge is 2.14. The molecule has 2 aromatic carbocycles. The lowest BCUT2D eigenvalue weighted by molar-refractivity contribution is -0.131. The Bertz CT molecular complexity index is 757. The maximum Gasteiger partial charge on any atom is 0.243 e. The SMILES string of the molecule is Cc1ccc(NC(=O)CN(C)C(=O)CSc2ccc(C)cc2C)cc1. The molecule has 5 heteroatoms. The fourth-order valence-electron chi connectivity index (χ4n) is 2.35. The molecule has 4 nitrogen and oxygen atoms in total. The second kappa shape index (κ2) is 8.72. The highest BCUT2D eigenvalue weighted by molar-refractivity contribution is 8.00. The van der Waals surface area contributed by atoms with Crippen molar-refractivity contribution in [1.82, 2.24) is 4.90 Å². The zero-order valence-electron chi connectivity index (χ0n) is 15.1. The normalized spacial score (nSPS) is 10.4. The molecule has 0 saturated heterocycles. The predicted octanol–water partition coefficient (Wildman–Crippen LogP) is 3.80. The van der Waals surface area contributed by atoms with E-state index in [9.17, 15) is 9.59 Å². The molecule has 2 rings (SSSR count). The van der Waals surface area contributed by atoms with E-state index in [1.165, 1.54) is 22.2 Å². The van der Waals surface area contributed by atoms with Gasteiger partial charge in [-0.2, -0.15) is 0 Å². The number of nitrogens with one attached hydrogen (secondary N) is 1. The summed E-state index contributed by atoms with van der Waals surface area (Å²) in [6.07, 6.45) is 0. The standard InChI is InChI=1S/C20H24N2O2S/c1-14-5-8-17(9-6-14)21-19(23)12-22(4)20(24)13-25-18-10-7-15(2)11-16(18)3/h5-11H,12-13H2,1-4H3,(H,21,23). The summed E-state index contributed by atoms with van der Waals surface area (Å²) in [5.74, 6) is 0.0540. The van der Waals surface area contributed by atoms with E-state index in [4.69, 9.17) is 0 Å². The summed E-state index contributed by atoms with van der Waals surface area (Å²) in [6.45, 7) is 6.12. The number of carbonyl (C=O) groups excluding carboxylic acids is 2. The van der Waals surface area contributed by atoms with Crippen molar-refractivity contribution in [3.8, 4) is 0 Å². The van der Waals surface area contributed by atoms with E-state index < -0.39 is 0 Å². The first-order chi connectivity index (χ1) is 11.8. The summed E-state index contributed by atoms with van der Waals surface area (Å²) in [5, 5.41) is 2.80. The van der Waals surface area contributed by atoms with Gasteiger partial charge in [-0.05, 0) is 44.5 Å². The molecule has 0 heterocycles. The smallest absolute Gasteiger partial charge is 0.243 e. The minimum absolute atomic E-state index is 0.0418. The lowest BCUT2D eigenvalue weighted by Crippen LogP contribution is -2.35. The zero-order chi connectivity index (χ0) is 18.4. The third-order valence-electron chi connectivity index (χ3n) is 3.82. The van der Waals surface area contributed by atoms with Crippen molar-refractivity contribution in [2.24, 2.45) is 0 Å². The van der Waals surface area contributed by atoms with Crippen LogP contribution in [0.15, 0.2) is 47.4 Å². The molecule has 0 aliphatic heterocycles. The van der Waals surface area contributed by atoms with E-state index in [1.54, 1.807) is 7.05 Å². The monoisotopic (exact) mass is 356 g/mol. The number of carbonyl (C=O) groups is 2. The molecule has 2 amide bonds. The lowest BCUT2D eigenvalue weighted by atomic mass is 10.2. The minimum Gasteiger partial charge on any atom is -0.336 e. The first-order valence-corrected chi connectivity index (χ1v) is 9.14. The first kappa shape index (κ1) is 19.1. The number of rotatable bonds is 6. The van der Waals surface area contributed by atoms with E-state index in [0.717, 1.165) is 21.7 Å². The number of hydrogen-bond acceptors (Lipinski definition) is 3. The number of likely N-dealkylation sites (N-methyl/N-ethyl adjacent to an activating group) is 1. The number of hydrogen-bond donors (Lipinski definition) is 1. The van der Waals surface area contributed by atoms with Crippen molar-refractivity contribution in [2.75, 3.05) is 24.7 Å². The van der Waals surface area contributed by atoms with Gasteiger partial charge in [0.25, 0.3) is 0 Å². The van der Waals surface area contributed by atoms with Crippen molar-refractivity contribution in [3.05, 3.63) is 59.2 Å². The summed E-state index contributed by atoms with van der Waals surface area (Å²) in [6, 6.07) is 13.8. The number of nitrogens with zero attached hydrogens (tertiary/aromatic N) is 1. The van der Waals surface area contributed by atoms with Crippen LogP contribution in [0.2, 0.25) is 0 Å². The minimum atomic E-state index is -0.198. The van der Waals surface area contributed by atoms with Crippen LogP contribution in [0.1, 0.15) is 16.7 Å². The third-order valence-corrected chi connectivity index (χ3v) is 4.98. The van der Waals surface area contributed by atoms with E-state index in [1.807, 2.05) is 57.2 Å². The molecule has 0 spiro atoms. The van der Waals surface area contributed by atoms with E-state index in [-0.39, 0.29) is 18.4 Å². The quantitative estimate of drug-likeness (QED) is 0.801. The van der Waals surface area contributed by atoms with Crippen LogP contribution in [0.5, 0.6) is 0 Å². The Hall–Kier alpha value is -2.27. The van der Waals surface area contributed by atoms with Crippen LogP contribution in [0, 0.1) is 20.8 Å². The first-order valence-electron chi connectivity index (χ1n) is 8.15. The number of thioether (sulfide) groups is 1. The van der Waals surface area contributed by atoms with Gasteiger partial charge in [0.05, 0.1) is 12.3 Å². The molecule has 0 aliphatic carbocycles. The molecule has 25 heavy (non-hydrogen) atoms. The molecule has 0 saturated carbocycles. The summed E-state index contributed by atoms with van der Waals surface area (Å²) >= 11 is 1.50. The molecule has 1 N–H and O–H groups in total. The van der Waals surface area contributed by atoms with Crippen molar-refractivity contribution in [3.63, 3.8) is 0 Å². The average Bonchev–Trinajstić information content (AvgIpc) is 2.55. The summed E-state index contributed by atoms with van der Waals surface area (Å²) < 4.78 is 0. The second-order valence-electron chi connectivity index (χ2n) is 6.22. The largest absolute Gasteiger partial charge is 0.336 e. The van der Waals surface area contributed by atoms with E-state index >= 15 is 0 Å². The van der Waals surface area contributed by atoms with Gasteiger partial charge in [-0.25, -0.2) is 0 Å². The molecular weight excluding hydrogens is 332 g/mol. The van der Waals surface area contributed by atoms with Crippen LogP contribution < -0.4 is 5.32 Å². The molecule has 0 bridgehead atoms. The lowest BCUT2D eigenvalue weighted by Gasteiger charge is -2.17. The Labute approximate surface area is 153 Å². The van der Waals surface area contributed by atoms with Gasteiger partial charge in [-0.15, -0.1) is 11.8 Å². The molecule has 0 atom stereocenters.